The van der Waals surface area contributed by atoms with Gasteiger partial charge in [0.15, 0.2) is 0 Å². The minimum absolute atomic E-state index is 0.107. The molecular formula is C14H18ClFN2O. The van der Waals surface area contributed by atoms with E-state index >= 15 is 0 Å². The van der Waals surface area contributed by atoms with E-state index in [2.05, 4.69) is 10.6 Å². The summed E-state index contributed by atoms with van der Waals surface area (Å²) in [4.78, 5) is 12.1. The molecule has 1 aromatic carbocycles. The highest BCUT2D eigenvalue weighted by Gasteiger charge is 2.22. The summed E-state index contributed by atoms with van der Waals surface area (Å²) in [5.74, 6) is -0.856. The van der Waals surface area contributed by atoms with Crippen LogP contribution in [0.25, 0.3) is 0 Å². The maximum absolute atomic E-state index is 13.3. The summed E-state index contributed by atoms with van der Waals surface area (Å²) in [6.07, 6.45) is 3.95. The molecule has 0 bridgehead atoms. The number of hydrogen-bond acceptors (Lipinski definition) is 2. The fourth-order valence-electron chi connectivity index (χ4n) is 2.47. The van der Waals surface area contributed by atoms with Gasteiger partial charge in [0.1, 0.15) is 5.82 Å². The third kappa shape index (κ3) is 3.45. The second kappa shape index (κ2) is 6.35. The Bertz CT molecular complexity index is 459. The highest BCUT2D eigenvalue weighted by Crippen LogP contribution is 2.22. The molecule has 1 fully saturated rings. The van der Waals surface area contributed by atoms with E-state index < -0.39 is 5.82 Å². The lowest BCUT2D eigenvalue weighted by atomic mass is 9.91. The van der Waals surface area contributed by atoms with Gasteiger partial charge in [-0.05, 0) is 44.9 Å². The van der Waals surface area contributed by atoms with Crippen molar-refractivity contribution in [2.75, 3.05) is 7.05 Å². The minimum atomic E-state index is -0.562. The molecule has 1 saturated carbocycles. The number of benzene rings is 1. The predicted molar refractivity (Wildman–Crippen MR) is 74.0 cm³/mol. The van der Waals surface area contributed by atoms with Crippen molar-refractivity contribution < 1.29 is 9.18 Å². The van der Waals surface area contributed by atoms with E-state index in [1.807, 2.05) is 7.05 Å². The number of nitrogens with one attached hydrogen (secondary N) is 2. The van der Waals surface area contributed by atoms with E-state index in [4.69, 9.17) is 11.6 Å². The van der Waals surface area contributed by atoms with Gasteiger partial charge in [0.05, 0.1) is 10.6 Å². The summed E-state index contributed by atoms with van der Waals surface area (Å²) in [7, 11) is 1.95. The molecule has 0 saturated heterocycles. The molecule has 2 N–H and O–H groups in total. The second-order valence-corrected chi connectivity index (χ2v) is 5.29. The summed E-state index contributed by atoms with van der Waals surface area (Å²) < 4.78 is 13.3. The van der Waals surface area contributed by atoms with Crippen LogP contribution in [-0.4, -0.2) is 25.0 Å². The van der Waals surface area contributed by atoms with Crippen molar-refractivity contribution in [2.45, 2.75) is 37.8 Å². The van der Waals surface area contributed by atoms with Crippen LogP contribution in [0.3, 0.4) is 0 Å². The third-order valence-corrected chi connectivity index (χ3v) is 4.05. The van der Waals surface area contributed by atoms with Crippen molar-refractivity contribution in [3.05, 3.63) is 34.6 Å². The zero-order valence-corrected chi connectivity index (χ0v) is 11.6. The number of rotatable bonds is 3. The number of carbonyl (C=O) groups excluding carboxylic acids is 1. The molecule has 0 unspecified atom stereocenters. The van der Waals surface area contributed by atoms with Gasteiger partial charge in [0.2, 0.25) is 0 Å². The topological polar surface area (TPSA) is 41.1 Å². The largest absolute Gasteiger partial charge is 0.349 e. The number of halogens is 2. The summed E-state index contributed by atoms with van der Waals surface area (Å²) in [5, 5.41) is 6.07. The highest BCUT2D eigenvalue weighted by molar-refractivity contribution is 6.34. The Balaban J connectivity index is 1.96. The van der Waals surface area contributed by atoms with Crippen LogP contribution < -0.4 is 10.6 Å². The van der Waals surface area contributed by atoms with Crippen LogP contribution in [0.2, 0.25) is 5.02 Å². The Morgan fingerprint density at radius 3 is 2.53 bits per heavy atom. The van der Waals surface area contributed by atoms with Crippen molar-refractivity contribution >= 4 is 17.5 Å². The maximum Gasteiger partial charge on any atom is 0.253 e. The van der Waals surface area contributed by atoms with Crippen molar-refractivity contribution in [1.29, 1.82) is 0 Å². The van der Waals surface area contributed by atoms with Crippen LogP contribution in [0.5, 0.6) is 0 Å². The molecule has 0 heterocycles. The molecule has 1 aromatic rings. The van der Waals surface area contributed by atoms with Crippen LogP contribution >= 0.6 is 11.6 Å². The van der Waals surface area contributed by atoms with Gasteiger partial charge in [-0.3, -0.25) is 4.79 Å². The average molecular weight is 285 g/mol. The van der Waals surface area contributed by atoms with Gasteiger partial charge in [0, 0.05) is 12.1 Å². The van der Waals surface area contributed by atoms with E-state index in [1.165, 1.54) is 12.1 Å². The van der Waals surface area contributed by atoms with Gasteiger partial charge in [0.25, 0.3) is 5.91 Å². The van der Waals surface area contributed by atoms with E-state index in [0.717, 1.165) is 25.7 Å². The molecule has 5 heteroatoms. The molecule has 0 aromatic heterocycles. The quantitative estimate of drug-likeness (QED) is 0.896. The van der Waals surface area contributed by atoms with Crippen molar-refractivity contribution in [3.63, 3.8) is 0 Å². The van der Waals surface area contributed by atoms with Gasteiger partial charge in [-0.2, -0.15) is 0 Å². The second-order valence-electron chi connectivity index (χ2n) is 4.91. The fraction of sp³-hybridized carbons (Fsp3) is 0.500. The highest BCUT2D eigenvalue weighted by atomic mass is 35.5. The Morgan fingerprint density at radius 2 is 1.89 bits per heavy atom. The Kier molecular flexibility index (Phi) is 4.77. The monoisotopic (exact) mass is 284 g/mol. The lowest BCUT2D eigenvalue weighted by molar-refractivity contribution is 0.0924. The molecule has 1 amide bonds. The molecule has 0 radical (unpaired) electrons. The Labute approximate surface area is 117 Å². The third-order valence-electron chi connectivity index (χ3n) is 3.67. The molecule has 104 valence electrons. The SMILES string of the molecule is CNC1CCC(NC(=O)c2cccc(F)c2Cl)CC1. The van der Waals surface area contributed by atoms with Gasteiger partial charge in [-0.1, -0.05) is 17.7 Å². The summed E-state index contributed by atoms with van der Waals surface area (Å²) >= 11 is 5.81. The lowest BCUT2D eigenvalue weighted by Crippen LogP contribution is -2.41. The van der Waals surface area contributed by atoms with E-state index in [-0.39, 0.29) is 22.5 Å². The van der Waals surface area contributed by atoms with Crippen LogP contribution in [0.4, 0.5) is 4.39 Å². The van der Waals surface area contributed by atoms with Crippen LogP contribution in [0.15, 0.2) is 18.2 Å². The first-order chi connectivity index (χ1) is 9.11. The molecule has 0 atom stereocenters. The Morgan fingerprint density at radius 1 is 1.26 bits per heavy atom. The average Bonchev–Trinajstić information content (AvgIpc) is 2.42. The number of hydrogen-bond donors (Lipinski definition) is 2. The Hall–Kier alpha value is -1.13. The molecule has 1 aliphatic rings. The molecule has 0 aliphatic heterocycles. The smallest absolute Gasteiger partial charge is 0.253 e. The first-order valence-corrected chi connectivity index (χ1v) is 6.91. The fourth-order valence-corrected chi connectivity index (χ4v) is 2.68. The van der Waals surface area contributed by atoms with Gasteiger partial charge in [-0.15, -0.1) is 0 Å². The zero-order chi connectivity index (χ0) is 13.8. The van der Waals surface area contributed by atoms with Crippen molar-refractivity contribution in [1.82, 2.24) is 10.6 Å². The molecule has 19 heavy (non-hydrogen) atoms. The molecule has 3 nitrogen and oxygen atoms in total. The van der Waals surface area contributed by atoms with E-state index in [1.54, 1.807) is 6.07 Å². The normalized spacial score (nSPS) is 23.1. The van der Waals surface area contributed by atoms with Gasteiger partial charge < -0.3 is 10.6 Å². The summed E-state index contributed by atoms with van der Waals surface area (Å²) in [6, 6.07) is 4.97. The number of carbonyl (C=O) groups is 1. The molecular weight excluding hydrogens is 267 g/mol. The van der Waals surface area contributed by atoms with Crippen molar-refractivity contribution in [2.24, 2.45) is 0 Å². The minimum Gasteiger partial charge on any atom is -0.349 e. The lowest BCUT2D eigenvalue weighted by Gasteiger charge is -2.28. The summed E-state index contributed by atoms with van der Waals surface area (Å²) in [5.41, 5.74) is 0.206. The zero-order valence-electron chi connectivity index (χ0n) is 10.9. The number of amides is 1. The first-order valence-electron chi connectivity index (χ1n) is 6.54. The van der Waals surface area contributed by atoms with Crippen LogP contribution in [0, 0.1) is 5.82 Å². The standard InChI is InChI=1S/C14H18ClFN2O/c1-17-9-5-7-10(8-6-9)18-14(19)11-3-2-4-12(16)13(11)15/h2-4,9-10,17H,5-8H2,1H3,(H,18,19). The van der Waals surface area contributed by atoms with Crippen LogP contribution in [0.1, 0.15) is 36.0 Å². The first kappa shape index (κ1) is 14.3. The summed E-state index contributed by atoms with van der Waals surface area (Å²) in [6.45, 7) is 0. The van der Waals surface area contributed by atoms with Crippen LogP contribution in [-0.2, 0) is 0 Å². The maximum atomic E-state index is 13.3. The van der Waals surface area contributed by atoms with E-state index in [9.17, 15) is 9.18 Å². The van der Waals surface area contributed by atoms with E-state index in [0.29, 0.717) is 6.04 Å². The molecule has 2 rings (SSSR count). The van der Waals surface area contributed by atoms with Crippen molar-refractivity contribution in [3.8, 4) is 0 Å². The predicted octanol–water partition coefficient (Wildman–Crippen LogP) is 2.74. The molecule has 0 spiro atoms. The van der Waals surface area contributed by atoms with Gasteiger partial charge in [-0.25, -0.2) is 4.39 Å². The van der Waals surface area contributed by atoms with Gasteiger partial charge >= 0.3 is 0 Å². The molecule has 1 aliphatic carbocycles.